The van der Waals surface area contributed by atoms with Gasteiger partial charge in [-0.3, -0.25) is 0 Å². The zero-order chi connectivity index (χ0) is 14.1. The van der Waals surface area contributed by atoms with Gasteiger partial charge in [0, 0.05) is 0 Å². The number of rotatable bonds is 3. The molecule has 0 saturated carbocycles. The second-order valence-electron chi connectivity index (χ2n) is 3.87. The Bertz CT molecular complexity index is 823. The van der Waals surface area contributed by atoms with Crippen LogP contribution in [-0.4, -0.2) is 21.0 Å². The van der Waals surface area contributed by atoms with Gasteiger partial charge in [0.15, 0.2) is 0 Å². The molecule has 0 saturated heterocycles. The van der Waals surface area contributed by atoms with Crippen LogP contribution in [0.5, 0.6) is 0 Å². The van der Waals surface area contributed by atoms with E-state index in [1.807, 2.05) is 0 Å². The number of carboxylic acid groups (broad SMARTS) is 1. The third-order valence-electron chi connectivity index (χ3n) is 2.47. The molecule has 3 rings (SSSR count). The van der Waals surface area contributed by atoms with Gasteiger partial charge in [-0.15, -0.1) is 22.7 Å². The van der Waals surface area contributed by atoms with Gasteiger partial charge in [-0.2, -0.15) is 0 Å². The minimum Gasteiger partial charge on any atom is -0.477 e. The van der Waals surface area contributed by atoms with Gasteiger partial charge in [0.05, 0.1) is 16.4 Å². The van der Waals surface area contributed by atoms with E-state index >= 15 is 0 Å². The normalized spacial score (nSPS) is 11.4. The molecule has 0 spiro atoms. The maximum atomic E-state index is 13.1. The summed E-state index contributed by atoms with van der Waals surface area (Å²) in [4.78, 5) is 19.3. The van der Waals surface area contributed by atoms with Crippen molar-refractivity contribution in [1.29, 1.82) is 0 Å². The number of benzene rings is 1. The van der Waals surface area contributed by atoms with Crippen molar-refractivity contribution in [3.63, 3.8) is 0 Å². The van der Waals surface area contributed by atoms with E-state index in [9.17, 15) is 9.18 Å². The maximum absolute atomic E-state index is 13.1. The summed E-state index contributed by atoms with van der Waals surface area (Å²) in [6.07, 6.45) is 4.76. The standard InChI is InChI=1S/C13H7FN2O2S2/c14-7-1-2-8-9(5-7)19-12(16-8)4-3-11-15-6-10(20-11)13(17)18/h1-6H,(H,17,18)/b4-3+. The van der Waals surface area contributed by atoms with Crippen LogP contribution in [0.25, 0.3) is 22.4 Å². The first-order valence-corrected chi connectivity index (χ1v) is 7.18. The Morgan fingerprint density at radius 3 is 2.80 bits per heavy atom. The van der Waals surface area contributed by atoms with Crippen LogP contribution in [-0.2, 0) is 0 Å². The second kappa shape index (κ2) is 5.10. The molecule has 1 aromatic carbocycles. The van der Waals surface area contributed by atoms with E-state index in [2.05, 4.69) is 9.97 Å². The highest BCUT2D eigenvalue weighted by Crippen LogP contribution is 2.24. The van der Waals surface area contributed by atoms with E-state index in [1.165, 1.54) is 29.7 Å². The van der Waals surface area contributed by atoms with Crippen LogP contribution in [0.3, 0.4) is 0 Å². The van der Waals surface area contributed by atoms with Crippen LogP contribution < -0.4 is 0 Å². The molecule has 20 heavy (non-hydrogen) atoms. The number of halogens is 1. The van der Waals surface area contributed by atoms with E-state index < -0.39 is 5.97 Å². The molecule has 2 aromatic heterocycles. The van der Waals surface area contributed by atoms with Gasteiger partial charge in [-0.25, -0.2) is 19.2 Å². The molecule has 1 N–H and O–H groups in total. The Hall–Kier alpha value is -2.12. The molecule has 3 aromatic rings. The number of nitrogens with zero attached hydrogens (tertiary/aromatic N) is 2. The summed E-state index contributed by atoms with van der Waals surface area (Å²) in [5.74, 6) is -1.28. The van der Waals surface area contributed by atoms with Crippen molar-refractivity contribution >= 4 is 51.0 Å². The number of hydrogen-bond acceptors (Lipinski definition) is 5. The minimum atomic E-state index is -0.988. The first kappa shape index (κ1) is 12.9. The molecule has 100 valence electrons. The summed E-state index contributed by atoms with van der Waals surface area (Å²) < 4.78 is 13.8. The van der Waals surface area contributed by atoms with Crippen LogP contribution in [0.15, 0.2) is 24.4 Å². The lowest BCUT2D eigenvalue weighted by Gasteiger charge is -1.85. The van der Waals surface area contributed by atoms with Crippen LogP contribution in [0.4, 0.5) is 4.39 Å². The first-order chi connectivity index (χ1) is 9.61. The number of aromatic nitrogens is 2. The van der Waals surface area contributed by atoms with E-state index in [0.717, 1.165) is 26.6 Å². The highest BCUT2D eigenvalue weighted by molar-refractivity contribution is 7.19. The highest BCUT2D eigenvalue weighted by atomic mass is 32.1. The van der Waals surface area contributed by atoms with Crippen LogP contribution in [0.1, 0.15) is 19.7 Å². The highest BCUT2D eigenvalue weighted by Gasteiger charge is 2.07. The van der Waals surface area contributed by atoms with Gasteiger partial charge in [0.25, 0.3) is 0 Å². The summed E-state index contributed by atoms with van der Waals surface area (Å²) in [7, 11) is 0. The summed E-state index contributed by atoms with van der Waals surface area (Å²) in [6.45, 7) is 0. The fourth-order valence-electron chi connectivity index (χ4n) is 1.59. The first-order valence-electron chi connectivity index (χ1n) is 5.55. The van der Waals surface area contributed by atoms with Gasteiger partial charge in [-0.05, 0) is 30.4 Å². The third kappa shape index (κ3) is 2.59. The zero-order valence-corrected chi connectivity index (χ0v) is 11.5. The second-order valence-corrected chi connectivity index (χ2v) is 5.99. The number of hydrogen-bond donors (Lipinski definition) is 1. The van der Waals surface area contributed by atoms with Crippen LogP contribution in [0.2, 0.25) is 0 Å². The molecule has 0 aliphatic carbocycles. The van der Waals surface area contributed by atoms with Crippen LogP contribution in [0, 0.1) is 5.82 Å². The number of fused-ring (bicyclic) bond motifs is 1. The lowest BCUT2D eigenvalue weighted by molar-refractivity contribution is 0.0702. The molecule has 0 fully saturated rings. The Morgan fingerprint density at radius 1 is 1.25 bits per heavy atom. The Kier molecular flexibility index (Phi) is 3.29. The molecule has 7 heteroatoms. The third-order valence-corrected chi connectivity index (χ3v) is 4.40. The van der Waals surface area contributed by atoms with Gasteiger partial charge >= 0.3 is 5.97 Å². The molecule has 0 bridgehead atoms. The van der Waals surface area contributed by atoms with E-state index in [4.69, 9.17) is 5.11 Å². The van der Waals surface area contributed by atoms with Gasteiger partial charge in [0.1, 0.15) is 20.7 Å². The largest absolute Gasteiger partial charge is 0.477 e. The number of aromatic carboxylic acids is 1. The van der Waals surface area contributed by atoms with E-state index in [1.54, 1.807) is 18.2 Å². The van der Waals surface area contributed by atoms with Gasteiger partial charge in [0.2, 0.25) is 0 Å². The molecular formula is C13H7FN2O2S2. The predicted octanol–water partition coefficient (Wildman–Crippen LogP) is 3.76. The molecule has 0 amide bonds. The summed E-state index contributed by atoms with van der Waals surface area (Å²) in [5, 5.41) is 10.1. The molecule has 0 aliphatic rings. The predicted molar refractivity (Wildman–Crippen MR) is 77.6 cm³/mol. The topological polar surface area (TPSA) is 63.1 Å². The summed E-state index contributed by atoms with van der Waals surface area (Å²) >= 11 is 2.46. The molecule has 0 aliphatic heterocycles. The molecule has 0 atom stereocenters. The number of thiazole rings is 2. The van der Waals surface area contributed by atoms with Crippen LogP contribution >= 0.6 is 22.7 Å². The SMILES string of the molecule is O=C(O)c1cnc(/C=C/c2nc3ccc(F)cc3s2)s1. The quantitative estimate of drug-likeness (QED) is 0.800. The Labute approximate surface area is 120 Å². The van der Waals surface area contributed by atoms with Crippen molar-refractivity contribution < 1.29 is 14.3 Å². The summed E-state index contributed by atoms with van der Waals surface area (Å²) in [5.41, 5.74) is 0.737. The maximum Gasteiger partial charge on any atom is 0.347 e. The van der Waals surface area contributed by atoms with E-state index in [0.29, 0.717) is 5.01 Å². The molecular weight excluding hydrogens is 299 g/mol. The van der Waals surface area contributed by atoms with Gasteiger partial charge in [-0.1, -0.05) is 0 Å². The van der Waals surface area contributed by atoms with Crippen molar-refractivity contribution in [1.82, 2.24) is 9.97 Å². The lowest BCUT2D eigenvalue weighted by Crippen LogP contribution is -1.89. The number of carboxylic acids is 1. The average molecular weight is 306 g/mol. The molecule has 2 heterocycles. The molecule has 0 radical (unpaired) electrons. The minimum absolute atomic E-state index is 0.191. The lowest BCUT2D eigenvalue weighted by atomic mass is 10.3. The Morgan fingerprint density at radius 2 is 2.05 bits per heavy atom. The van der Waals surface area contributed by atoms with Gasteiger partial charge < -0.3 is 5.11 Å². The number of carbonyl (C=O) groups is 1. The van der Waals surface area contributed by atoms with Crippen molar-refractivity contribution in [2.24, 2.45) is 0 Å². The van der Waals surface area contributed by atoms with Crippen molar-refractivity contribution in [2.45, 2.75) is 0 Å². The average Bonchev–Trinajstić information content (AvgIpc) is 3.01. The fourth-order valence-corrected chi connectivity index (χ4v) is 3.15. The van der Waals surface area contributed by atoms with Crippen molar-refractivity contribution in [2.75, 3.05) is 0 Å². The molecule has 4 nitrogen and oxygen atoms in total. The van der Waals surface area contributed by atoms with Crippen molar-refractivity contribution in [3.05, 3.63) is 45.1 Å². The zero-order valence-electron chi connectivity index (χ0n) is 9.91. The smallest absolute Gasteiger partial charge is 0.347 e. The summed E-state index contributed by atoms with van der Waals surface area (Å²) in [6, 6.07) is 4.44. The Balaban J connectivity index is 1.87. The van der Waals surface area contributed by atoms with Crippen molar-refractivity contribution in [3.8, 4) is 0 Å². The van der Waals surface area contributed by atoms with E-state index in [-0.39, 0.29) is 10.7 Å². The fraction of sp³-hybridized carbons (Fsp3) is 0. The monoisotopic (exact) mass is 306 g/mol. The molecule has 0 unspecified atom stereocenters.